The SMILES string of the molecule is CCC(C(=O)O)N(C)CC(=O)Nc1ccc(C(C)=O)cc1. The molecular weight excluding hydrogens is 272 g/mol. The molecule has 6 nitrogen and oxygen atoms in total. The third-order valence-electron chi connectivity index (χ3n) is 3.17. The molecule has 0 bridgehead atoms. The smallest absolute Gasteiger partial charge is 0.320 e. The van der Waals surface area contributed by atoms with Crippen molar-refractivity contribution in [3.8, 4) is 0 Å². The van der Waals surface area contributed by atoms with Crippen molar-refractivity contribution in [3.05, 3.63) is 29.8 Å². The Morgan fingerprint density at radius 1 is 1.24 bits per heavy atom. The maximum absolute atomic E-state index is 11.9. The Morgan fingerprint density at radius 2 is 1.81 bits per heavy atom. The van der Waals surface area contributed by atoms with E-state index >= 15 is 0 Å². The predicted molar refractivity (Wildman–Crippen MR) is 79.4 cm³/mol. The molecule has 0 fully saturated rings. The quantitative estimate of drug-likeness (QED) is 0.746. The third-order valence-corrected chi connectivity index (χ3v) is 3.17. The Hall–Kier alpha value is -2.21. The highest BCUT2D eigenvalue weighted by Crippen LogP contribution is 2.10. The molecule has 1 amide bonds. The lowest BCUT2D eigenvalue weighted by molar-refractivity contribution is -0.143. The van der Waals surface area contributed by atoms with E-state index in [9.17, 15) is 14.4 Å². The lowest BCUT2D eigenvalue weighted by Gasteiger charge is -2.22. The van der Waals surface area contributed by atoms with Crippen LogP contribution in [0.3, 0.4) is 0 Å². The van der Waals surface area contributed by atoms with Gasteiger partial charge < -0.3 is 10.4 Å². The van der Waals surface area contributed by atoms with Crippen molar-refractivity contribution < 1.29 is 19.5 Å². The molecule has 1 atom stereocenters. The number of carbonyl (C=O) groups is 3. The molecule has 1 rings (SSSR count). The molecule has 1 unspecified atom stereocenters. The van der Waals surface area contributed by atoms with Crippen molar-refractivity contribution in [3.63, 3.8) is 0 Å². The Balaban J connectivity index is 2.61. The van der Waals surface area contributed by atoms with Crippen LogP contribution in [0.15, 0.2) is 24.3 Å². The third kappa shape index (κ3) is 5.00. The van der Waals surface area contributed by atoms with Gasteiger partial charge >= 0.3 is 5.97 Å². The van der Waals surface area contributed by atoms with Gasteiger partial charge in [-0.05, 0) is 44.7 Å². The number of aliphatic carboxylic acids is 1. The predicted octanol–water partition coefficient (Wildman–Crippen LogP) is 1.62. The zero-order valence-electron chi connectivity index (χ0n) is 12.4. The zero-order valence-corrected chi connectivity index (χ0v) is 12.4. The molecule has 0 saturated carbocycles. The first-order valence-electron chi connectivity index (χ1n) is 6.69. The van der Waals surface area contributed by atoms with Gasteiger partial charge in [0.15, 0.2) is 5.78 Å². The lowest BCUT2D eigenvalue weighted by atomic mass is 10.1. The normalized spacial score (nSPS) is 12.0. The Morgan fingerprint density at radius 3 is 2.24 bits per heavy atom. The summed E-state index contributed by atoms with van der Waals surface area (Å²) in [6.07, 6.45) is 0.423. The van der Waals surface area contributed by atoms with E-state index in [1.807, 2.05) is 0 Å². The number of carbonyl (C=O) groups excluding carboxylic acids is 2. The number of hydrogen-bond acceptors (Lipinski definition) is 4. The molecule has 0 aliphatic carbocycles. The fourth-order valence-electron chi connectivity index (χ4n) is 2.00. The van der Waals surface area contributed by atoms with Crippen molar-refractivity contribution in [2.24, 2.45) is 0 Å². The minimum Gasteiger partial charge on any atom is -0.480 e. The van der Waals surface area contributed by atoms with Gasteiger partial charge in [-0.15, -0.1) is 0 Å². The summed E-state index contributed by atoms with van der Waals surface area (Å²) in [6.45, 7) is 3.21. The van der Waals surface area contributed by atoms with Crippen molar-refractivity contribution in [2.45, 2.75) is 26.3 Å². The minimum absolute atomic E-state index is 0.0146. The number of nitrogens with one attached hydrogen (secondary N) is 1. The second kappa shape index (κ2) is 7.54. The van der Waals surface area contributed by atoms with E-state index in [1.165, 1.54) is 11.8 Å². The highest BCUT2D eigenvalue weighted by molar-refractivity contribution is 5.96. The molecule has 0 saturated heterocycles. The molecule has 0 radical (unpaired) electrons. The molecular formula is C15H20N2O4. The van der Waals surface area contributed by atoms with Crippen molar-refractivity contribution in [1.82, 2.24) is 4.90 Å². The number of amides is 1. The number of hydrogen-bond donors (Lipinski definition) is 2. The molecule has 114 valence electrons. The van der Waals surface area contributed by atoms with Gasteiger partial charge in [0.2, 0.25) is 5.91 Å². The molecule has 0 heterocycles. The number of ketones is 1. The average Bonchev–Trinajstić information content (AvgIpc) is 2.39. The van der Waals surface area contributed by atoms with E-state index in [0.717, 1.165) is 0 Å². The Kier molecular flexibility index (Phi) is 6.05. The van der Waals surface area contributed by atoms with Crippen molar-refractivity contribution in [2.75, 3.05) is 18.9 Å². The van der Waals surface area contributed by atoms with Crippen LogP contribution in [-0.2, 0) is 9.59 Å². The average molecular weight is 292 g/mol. The van der Waals surface area contributed by atoms with E-state index in [1.54, 1.807) is 38.2 Å². The number of carboxylic acids is 1. The summed E-state index contributed by atoms with van der Waals surface area (Å²) in [5.41, 5.74) is 1.14. The molecule has 1 aromatic carbocycles. The summed E-state index contributed by atoms with van der Waals surface area (Å²) >= 11 is 0. The van der Waals surface area contributed by atoms with Crippen LogP contribution in [0.5, 0.6) is 0 Å². The first-order chi connectivity index (χ1) is 9.85. The standard InChI is InChI=1S/C15H20N2O4/c1-4-13(15(20)21)17(3)9-14(19)16-12-7-5-11(6-8-12)10(2)18/h5-8,13H,4,9H2,1-3H3,(H,16,19)(H,20,21). The summed E-state index contributed by atoms with van der Waals surface area (Å²) in [7, 11) is 1.60. The van der Waals surface area contributed by atoms with Gasteiger partial charge in [-0.2, -0.15) is 0 Å². The van der Waals surface area contributed by atoms with E-state index < -0.39 is 12.0 Å². The van der Waals surface area contributed by atoms with Crippen molar-refractivity contribution >= 4 is 23.3 Å². The van der Waals surface area contributed by atoms with Gasteiger partial charge in [0.25, 0.3) is 0 Å². The monoisotopic (exact) mass is 292 g/mol. The number of likely N-dealkylation sites (N-methyl/N-ethyl adjacent to an activating group) is 1. The Bertz CT molecular complexity index is 525. The van der Waals surface area contributed by atoms with Gasteiger partial charge in [0.1, 0.15) is 6.04 Å². The number of carboxylic acid groups (broad SMARTS) is 1. The van der Waals surface area contributed by atoms with Gasteiger partial charge in [0, 0.05) is 11.3 Å². The fraction of sp³-hybridized carbons (Fsp3) is 0.400. The van der Waals surface area contributed by atoms with Crippen LogP contribution >= 0.6 is 0 Å². The molecule has 6 heteroatoms. The summed E-state index contributed by atoms with van der Waals surface area (Å²) in [6, 6.07) is 5.86. The van der Waals surface area contributed by atoms with Gasteiger partial charge in [-0.3, -0.25) is 19.3 Å². The molecule has 0 spiro atoms. The number of nitrogens with zero attached hydrogens (tertiary/aromatic N) is 1. The summed E-state index contributed by atoms with van der Waals surface area (Å²) < 4.78 is 0. The second-order valence-corrected chi connectivity index (χ2v) is 4.86. The van der Waals surface area contributed by atoms with E-state index in [0.29, 0.717) is 17.7 Å². The zero-order chi connectivity index (χ0) is 16.0. The first-order valence-corrected chi connectivity index (χ1v) is 6.69. The molecule has 0 aliphatic rings. The summed E-state index contributed by atoms with van der Waals surface area (Å²) in [5, 5.41) is 11.7. The molecule has 1 aromatic rings. The highest BCUT2D eigenvalue weighted by atomic mass is 16.4. The maximum Gasteiger partial charge on any atom is 0.320 e. The van der Waals surface area contributed by atoms with Crippen LogP contribution in [0, 0.1) is 0 Å². The van der Waals surface area contributed by atoms with Gasteiger partial charge in [0.05, 0.1) is 6.54 Å². The fourth-order valence-corrected chi connectivity index (χ4v) is 2.00. The second-order valence-electron chi connectivity index (χ2n) is 4.86. The molecule has 2 N–H and O–H groups in total. The van der Waals surface area contributed by atoms with E-state index in [2.05, 4.69) is 5.32 Å². The minimum atomic E-state index is -0.946. The Labute approximate surface area is 123 Å². The van der Waals surface area contributed by atoms with Gasteiger partial charge in [-0.1, -0.05) is 6.92 Å². The topological polar surface area (TPSA) is 86.7 Å². The van der Waals surface area contributed by atoms with Crippen LogP contribution < -0.4 is 5.32 Å². The summed E-state index contributed by atoms with van der Waals surface area (Å²) in [5.74, 6) is -1.29. The van der Waals surface area contributed by atoms with E-state index in [4.69, 9.17) is 5.11 Å². The largest absolute Gasteiger partial charge is 0.480 e. The number of anilines is 1. The van der Waals surface area contributed by atoms with Crippen molar-refractivity contribution in [1.29, 1.82) is 0 Å². The number of rotatable bonds is 7. The van der Waals surface area contributed by atoms with Crippen LogP contribution in [0.25, 0.3) is 0 Å². The molecule has 21 heavy (non-hydrogen) atoms. The maximum atomic E-state index is 11.9. The molecule has 0 aliphatic heterocycles. The summed E-state index contributed by atoms with van der Waals surface area (Å²) in [4.78, 5) is 35.5. The van der Waals surface area contributed by atoms with Crippen LogP contribution in [-0.4, -0.2) is 47.3 Å². The number of benzene rings is 1. The van der Waals surface area contributed by atoms with Crippen LogP contribution in [0.2, 0.25) is 0 Å². The number of Topliss-reactive ketones (excluding diaryl/α,β-unsaturated/α-hetero) is 1. The van der Waals surface area contributed by atoms with Crippen LogP contribution in [0.4, 0.5) is 5.69 Å². The highest BCUT2D eigenvalue weighted by Gasteiger charge is 2.22. The first kappa shape index (κ1) is 16.8. The van der Waals surface area contributed by atoms with Crippen LogP contribution in [0.1, 0.15) is 30.6 Å². The van der Waals surface area contributed by atoms with Gasteiger partial charge in [-0.25, -0.2) is 0 Å². The molecule has 0 aromatic heterocycles. The lowest BCUT2D eigenvalue weighted by Crippen LogP contribution is -2.42. The van der Waals surface area contributed by atoms with E-state index in [-0.39, 0.29) is 18.2 Å².